The molecule has 1 aromatic rings. The first-order chi connectivity index (χ1) is 9.61. The highest BCUT2D eigenvalue weighted by Crippen LogP contribution is 2.19. The van der Waals surface area contributed by atoms with Gasteiger partial charge in [0, 0.05) is 18.1 Å². The SMILES string of the molecule is CCOc1ccccc1C(=O)NC1CCC(C)NC1C. The van der Waals surface area contributed by atoms with Crippen LogP contribution in [0.1, 0.15) is 44.0 Å². The Morgan fingerprint density at radius 1 is 1.35 bits per heavy atom. The topological polar surface area (TPSA) is 50.4 Å². The maximum atomic E-state index is 12.4. The third kappa shape index (κ3) is 3.51. The van der Waals surface area contributed by atoms with Crippen molar-refractivity contribution in [1.82, 2.24) is 10.6 Å². The lowest BCUT2D eigenvalue weighted by atomic mass is 9.95. The molecule has 1 heterocycles. The molecule has 0 aromatic heterocycles. The van der Waals surface area contributed by atoms with Crippen LogP contribution in [-0.2, 0) is 0 Å². The first-order valence-electron chi connectivity index (χ1n) is 7.40. The molecular formula is C16H24N2O2. The Hall–Kier alpha value is -1.55. The maximum absolute atomic E-state index is 12.4. The number of piperidine rings is 1. The zero-order valence-corrected chi connectivity index (χ0v) is 12.5. The van der Waals surface area contributed by atoms with Gasteiger partial charge in [0.05, 0.1) is 12.2 Å². The van der Waals surface area contributed by atoms with Gasteiger partial charge in [-0.25, -0.2) is 0 Å². The van der Waals surface area contributed by atoms with Gasteiger partial charge in [-0.05, 0) is 45.7 Å². The van der Waals surface area contributed by atoms with Gasteiger partial charge >= 0.3 is 0 Å². The lowest BCUT2D eigenvalue weighted by Crippen LogP contribution is -2.54. The first-order valence-corrected chi connectivity index (χ1v) is 7.40. The Balaban J connectivity index is 2.05. The Kier molecular flexibility index (Phi) is 5.01. The van der Waals surface area contributed by atoms with Gasteiger partial charge in [-0.2, -0.15) is 0 Å². The molecule has 3 unspecified atom stereocenters. The summed E-state index contributed by atoms with van der Waals surface area (Å²) >= 11 is 0. The lowest BCUT2D eigenvalue weighted by molar-refractivity contribution is 0.0910. The lowest BCUT2D eigenvalue weighted by Gasteiger charge is -2.34. The third-order valence-corrected chi connectivity index (χ3v) is 3.81. The van der Waals surface area contributed by atoms with Crippen molar-refractivity contribution in [1.29, 1.82) is 0 Å². The summed E-state index contributed by atoms with van der Waals surface area (Å²) < 4.78 is 5.51. The highest BCUT2D eigenvalue weighted by Gasteiger charge is 2.26. The van der Waals surface area contributed by atoms with Crippen molar-refractivity contribution in [3.63, 3.8) is 0 Å². The van der Waals surface area contributed by atoms with Crippen molar-refractivity contribution in [3.05, 3.63) is 29.8 Å². The summed E-state index contributed by atoms with van der Waals surface area (Å²) in [7, 11) is 0. The highest BCUT2D eigenvalue weighted by atomic mass is 16.5. The molecule has 1 saturated heterocycles. The number of hydrogen-bond donors (Lipinski definition) is 2. The molecule has 1 aliphatic rings. The Morgan fingerprint density at radius 2 is 2.10 bits per heavy atom. The van der Waals surface area contributed by atoms with E-state index in [2.05, 4.69) is 24.5 Å². The number of ether oxygens (including phenoxy) is 1. The largest absolute Gasteiger partial charge is 0.493 e. The van der Waals surface area contributed by atoms with E-state index in [1.54, 1.807) is 0 Å². The number of para-hydroxylation sites is 1. The van der Waals surface area contributed by atoms with Gasteiger partial charge in [-0.15, -0.1) is 0 Å². The minimum absolute atomic E-state index is 0.0535. The standard InChI is InChI=1S/C16H24N2O2/c1-4-20-15-8-6-5-7-13(15)16(19)18-14-10-9-11(2)17-12(14)3/h5-8,11-12,14,17H,4,9-10H2,1-3H3,(H,18,19). The molecule has 0 spiro atoms. The van der Waals surface area contributed by atoms with E-state index in [0.29, 0.717) is 30.0 Å². The van der Waals surface area contributed by atoms with Crippen LogP contribution in [0.4, 0.5) is 0 Å². The molecule has 4 heteroatoms. The summed E-state index contributed by atoms with van der Waals surface area (Å²) in [5.74, 6) is 0.597. The van der Waals surface area contributed by atoms with Crippen LogP contribution in [-0.4, -0.2) is 30.6 Å². The smallest absolute Gasteiger partial charge is 0.255 e. The predicted octanol–water partition coefficient (Wildman–Crippen LogP) is 2.34. The molecule has 2 rings (SSSR count). The van der Waals surface area contributed by atoms with E-state index in [9.17, 15) is 4.79 Å². The first kappa shape index (κ1) is 14.9. The molecule has 20 heavy (non-hydrogen) atoms. The van der Waals surface area contributed by atoms with Crippen molar-refractivity contribution < 1.29 is 9.53 Å². The second-order valence-electron chi connectivity index (χ2n) is 5.44. The summed E-state index contributed by atoms with van der Waals surface area (Å²) in [5, 5.41) is 6.60. The highest BCUT2D eigenvalue weighted by molar-refractivity contribution is 5.97. The summed E-state index contributed by atoms with van der Waals surface area (Å²) in [4.78, 5) is 12.4. The van der Waals surface area contributed by atoms with Crippen LogP contribution in [0, 0.1) is 0 Å². The van der Waals surface area contributed by atoms with Crippen molar-refractivity contribution in [3.8, 4) is 5.75 Å². The molecule has 110 valence electrons. The number of carbonyl (C=O) groups excluding carboxylic acids is 1. The van der Waals surface area contributed by atoms with Gasteiger partial charge in [-0.1, -0.05) is 12.1 Å². The van der Waals surface area contributed by atoms with Crippen LogP contribution in [0.2, 0.25) is 0 Å². The summed E-state index contributed by atoms with van der Waals surface area (Å²) in [6.07, 6.45) is 2.10. The van der Waals surface area contributed by atoms with Gasteiger partial charge in [0.2, 0.25) is 0 Å². The zero-order valence-electron chi connectivity index (χ0n) is 12.5. The Morgan fingerprint density at radius 3 is 2.80 bits per heavy atom. The van der Waals surface area contributed by atoms with Crippen molar-refractivity contribution in [2.45, 2.75) is 51.7 Å². The van der Waals surface area contributed by atoms with Crippen LogP contribution in [0.25, 0.3) is 0 Å². The molecule has 0 radical (unpaired) electrons. The van der Waals surface area contributed by atoms with E-state index >= 15 is 0 Å². The van der Waals surface area contributed by atoms with Gasteiger partial charge in [0.15, 0.2) is 0 Å². The third-order valence-electron chi connectivity index (χ3n) is 3.81. The molecule has 4 nitrogen and oxygen atoms in total. The molecule has 3 atom stereocenters. The van der Waals surface area contributed by atoms with Crippen LogP contribution < -0.4 is 15.4 Å². The molecule has 0 bridgehead atoms. The van der Waals surface area contributed by atoms with Crippen LogP contribution in [0.3, 0.4) is 0 Å². The quantitative estimate of drug-likeness (QED) is 0.887. The minimum Gasteiger partial charge on any atom is -0.493 e. The second-order valence-corrected chi connectivity index (χ2v) is 5.44. The molecular weight excluding hydrogens is 252 g/mol. The maximum Gasteiger partial charge on any atom is 0.255 e. The molecule has 0 aliphatic carbocycles. The normalized spacial score (nSPS) is 26.1. The van der Waals surface area contributed by atoms with Crippen molar-refractivity contribution >= 4 is 5.91 Å². The van der Waals surface area contributed by atoms with E-state index in [1.807, 2.05) is 31.2 Å². The monoisotopic (exact) mass is 276 g/mol. The second kappa shape index (κ2) is 6.75. The van der Waals surface area contributed by atoms with Crippen LogP contribution in [0.15, 0.2) is 24.3 Å². The van der Waals surface area contributed by atoms with Crippen molar-refractivity contribution in [2.24, 2.45) is 0 Å². The zero-order chi connectivity index (χ0) is 14.5. The number of carbonyl (C=O) groups is 1. The number of nitrogens with one attached hydrogen (secondary N) is 2. The number of benzene rings is 1. The fourth-order valence-corrected chi connectivity index (χ4v) is 2.71. The molecule has 0 saturated carbocycles. The van der Waals surface area contributed by atoms with Gasteiger partial charge < -0.3 is 15.4 Å². The predicted molar refractivity (Wildman–Crippen MR) is 80.2 cm³/mol. The van der Waals surface area contributed by atoms with Gasteiger partial charge in [-0.3, -0.25) is 4.79 Å². The van der Waals surface area contributed by atoms with Crippen molar-refractivity contribution in [2.75, 3.05) is 6.61 Å². The van der Waals surface area contributed by atoms with E-state index in [1.165, 1.54) is 0 Å². The minimum atomic E-state index is -0.0535. The summed E-state index contributed by atoms with van der Waals surface area (Å²) in [6.45, 7) is 6.78. The van der Waals surface area contributed by atoms with Crippen LogP contribution >= 0.6 is 0 Å². The van der Waals surface area contributed by atoms with Crippen LogP contribution in [0.5, 0.6) is 5.75 Å². The van der Waals surface area contributed by atoms with E-state index < -0.39 is 0 Å². The average molecular weight is 276 g/mol. The number of hydrogen-bond acceptors (Lipinski definition) is 3. The Bertz CT molecular complexity index is 462. The fourth-order valence-electron chi connectivity index (χ4n) is 2.71. The van der Waals surface area contributed by atoms with Gasteiger partial charge in [0.25, 0.3) is 5.91 Å². The average Bonchev–Trinajstić information content (AvgIpc) is 2.43. The summed E-state index contributed by atoms with van der Waals surface area (Å²) in [6, 6.07) is 8.38. The summed E-state index contributed by atoms with van der Waals surface area (Å²) in [5.41, 5.74) is 0.611. The van der Waals surface area contributed by atoms with E-state index in [-0.39, 0.29) is 11.9 Å². The number of rotatable bonds is 4. The number of amides is 1. The van der Waals surface area contributed by atoms with E-state index in [0.717, 1.165) is 12.8 Å². The van der Waals surface area contributed by atoms with Gasteiger partial charge in [0.1, 0.15) is 5.75 Å². The molecule has 1 aliphatic heterocycles. The Labute approximate surface area is 120 Å². The molecule has 2 N–H and O–H groups in total. The molecule has 1 aromatic carbocycles. The van der Waals surface area contributed by atoms with E-state index in [4.69, 9.17) is 4.74 Å². The molecule has 1 amide bonds. The fraction of sp³-hybridized carbons (Fsp3) is 0.562. The molecule has 1 fully saturated rings.